The fourth-order valence-corrected chi connectivity index (χ4v) is 4.57. The van der Waals surface area contributed by atoms with Gasteiger partial charge in [-0.1, -0.05) is 12.1 Å². The number of amides is 1. The quantitative estimate of drug-likeness (QED) is 0.718. The lowest BCUT2D eigenvalue weighted by molar-refractivity contribution is -0.133. The number of carbonyl (C=O) groups excluding carboxylic acids is 1. The van der Waals surface area contributed by atoms with E-state index in [4.69, 9.17) is 4.42 Å². The maximum Gasteiger partial charge on any atom is 0.419 e. The SMILES string of the molecule is C[C@H]1c2ccsc2CCN1C(=O)CCCn1c(=O)oc2ccccc21. The van der Waals surface area contributed by atoms with Gasteiger partial charge in [0.25, 0.3) is 0 Å². The van der Waals surface area contributed by atoms with Gasteiger partial charge in [-0.05, 0) is 48.9 Å². The second kappa shape index (κ2) is 6.52. The van der Waals surface area contributed by atoms with Gasteiger partial charge in [0.15, 0.2) is 5.58 Å². The number of benzene rings is 1. The largest absolute Gasteiger partial charge is 0.419 e. The molecule has 1 aliphatic rings. The van der Waals surface area contributed by atoms with Gasteiger partial charge in [0.05, 0.1) is 11.6 Å². The normalized spacial score (nSPS) is 17.0. The van der Waals surface area contributed by atoms with Gasteiger partial charge in [0.2, 0.25) is 5.91 Å². The molecule has 1 atom stereocenters. The summed E-state index contributed by atoms with van der Waals surface area (Å²) >= 11 is 1.78. The molecule has 0 saturated heterocycles. The van der Waals surface area contributed by atoms with Crippen molar-refractivity contribution < 1.29 is 9.21 Å². The van der Waals surface area contributed by atoms with Crippen molar-refractivity contribution in [3.63, 3.8) is 0 Å². The molecule has 3 aromatic rings. The van der Waals surface area contributed by atoms with Crippen LogP contribution in [0.3, 0.4) is 0 Å². The molecule has 0 fully saturated rings. The van der Waals surface area contributed by atoms with Crippen molar-refractivity contribution >= 4 is 28.3 Å². The van der Waals surface area contributed by atoms with Crippen molar-refractivity contribution in [1.29, 1.82) is 0 Å². The first-order valence-corrected chi connectivity index (χ1v) is 9.47. The van der Waals surface area contributed by atoms with Gasteiger partial charge in [-0.25, -0.2) is 4.79 Å². The van der Waals surface area contributed by atoms with Crippen LogP contribution in [0, 0.1) is 0 Å². The maximum atomic E-state index is 12.6. The van der Waals surface area contributed by atoms with Gasteiger partial charge in [-0.15, -0.1) is 11.3 Å². The van der Waals surface area contributed by atoms with Crippen LogP contribution >= 0.6 is 11.3 Å². The van der Waals surface area contributed by atoms with E-state index in [1.165, 1.54) is 10.4 Å². The summed E-state index contributed by atoms with van der Waals surface area (Å²) in [7, 11) is 0. The van der Waals surface area contributed by atoms with Crippen molar-refractivity contribution in [3.8, 4) is 0 Å². The lowest BCUT2D eigenvalue weighted by Crippen LogP contribution is -2.38. The third-order valence-electron chi connectivity index (χ3n) is 4.94. The summed E-state index contributed by atoms with van der Waals surface area (Å²) in [6.45, 7) is 3.37. The standard InChI is InChI=1S/C19H20N2O3S/c1-13-14-9-12-25-17(14)8-11-20(13)18(22)7-4-10-21-15-5-2-3-6-16(15)24-19(21)23/h2-3,5-6,9,12-13H,4,7-8,10-11H2,1H3/t13-/m0/s1. The first-order valence-electron chi connectivity index (χ1n) is 8.59. The Hall–Kier alpha value is -2.34. The van der Waals surface area contributed by atoms with Crippen molar-refractivity contribution in [2.75, 3.05) is 6.54 Å². The predicted octanol–water partition coefficient (Wildman–Crippen LogP) is 3.58. The number of para-hydroxylation sites is 2. The second-order valence-electron chi connectivity index (χ2n) is 6.40. The van der Waals surface area contributed by atoms with E-state index in [9.17, 15) is 9.59 Å². The number of fused-ring (bicyclic) bond motifs is 2. The summed E-state index contributed by atoms with van der Waals surface area (Å²) in [4.78, 5) is 28.0. The van der Waals surface area contributed by atoms with Crippen molar-refractivity contribution in [1.82, 2.24) is 9.47 Å². The Morgan fingerprint density at radius 2 is 2.16 bits per heavy atom. The molecule has 0 N–H and O–H groups in total. The summed E-state index contributed by atoms with van der Waals surface area (Å²) < 4.78 is 6.84. The van der Waals surface area contributed by atoms with E-state index in [2.05, 4.69) is 18.4 Å². The van der Waals surface area contributed by atoms with E-state index in [0.29, 0.717) is 25.0 Å². The molecule has 0 unspecified atom stereocenters. The number of hydrogen-bond donors (Lipinski definition) is 0. The molecule has 6 heteroatoms. The molecule has 4 rings (SSSR count). The Labute approximate surface area is 149 Å². The van der Waals surface area contributed by atoms with Crippen molar-refractivity contribution in [2.45, 2.75) is 38.8 Å². The third-order valence-corrected chi connectivity index (χ3v) is 5.94. The van der Waals surface area contributed by atoms with Crippen molar-refractivity contribution in [2.24, 2.45) is 0 Å². The Balaban J connectivity index is 1.41. The highest BCUT2D eigenvalue weighted by atomic mass is 32.1. The Bertz CT molecular complexity index is 968. The zero-order valence-electron chi connectivity index (χ0n) is 14.1. The van der Waals surface area contributed by atoms with Gasteiger partial charge in [-0.3, -0.25) is 9.36 Å². The summed E-state index contributed by atoms with van der Waals surface area (Å²) in [6, 6.07) is 9.64. The molecule has 2 aromatic heterocycles. The molecule has 0 bridgehead atoms. The van der Waals surface area contributed by atoms with Crippen LogP contribution in [0.2, 0.25) is 0 Å². The molecule has 130 valence electrons. The molecule has 0 saturated carbocycles. The number of aromatic nitrogens is 1. The van der Waals surface area contributed by atoms with Crippen LogP contribution in [0.1, 0.15) is 36.2 Å². The first-order chi connectivity index (χ1) is 12.1. The Morgan fingerprint density at radius 3 is 3.04 bits per heavy atom. The highest BCUT2D eigenvalue weighted by Crippen LogP contribution is 2.33. The minimum atomic E-state index is -0.358. The highest BCUT2D eigenvalue weighted by Gasteiger charge is 2.27. The predicted molar refractivity (Wildman–Crippen MR) is 97.9 cm³/mol. The summed E-state index contributed by atoms with van der Waals surface area (Å²) in [5.74, 6) is -0.201. The third kappa shape index (κ3) is 2.91. The fourth-order valence-electron chi connectivity index (χ4n) is 3.61. The number of nitrogens with zero attached hydrogens (tertiary/aromatic N) is 2. The van der Waals surface area contributed by atoms with Crippen LogP contribution in [0.4, 0.5) is 0 Å². The number of carbonyl (C=O) groups is 1. The molecule has 0 aliphatic carbocycles. The number of oxazole rings is 1. The van der Waals surface area contributed by atoms with Crippen molar-refractivity contribution in [3.05, 3.63) is 56.7 Å². The molecule has 3 heterocycles. The van der Waals surface area contributed by atoms with Crippen LogP contribution in [-0.2, 0) is 17.8 Å². The zero-order valence-corrected chi connectivity index (χ0v) is 14.9. The molecule has 1 aromatic carbocycles. The maximum absolute atomic E-state index is 12.6. The van der Waals surface area contributed by atoms with Crippen LogP contribution in [0.15, 0.2) is 44.9 Å². The summed E-state index contributed by atoms with van der Waals surface area (Å²) in [6.07, 6.45) is 2.01. The van der Waals surface area contributed by atoms with E-state index in [1.807, 2.05) is 23.1 Å². The van der Waals surface area contributed by atoms with Crippen LogP contribution in [0.5, 0.6) is 0 Å². The molecule has 25 heavy (non-hydrogen) atoms. The molecule has 0 spiro atoms. The number of rotatable bonds is 4. The Kier molecular flexibility index (Phi) is 4.21. The average Bonchev–Trinajstić information content (AvgIpc) is 3.20. The lowest BCUT2D eigenvalue weighted by Gasteiger charge is -2.33. The van der Waals surface area contributed by atoms with Gasteiger partial charge in [0, 0.05) is 24.4 Å². The van der Waals surface area contributed by atoms with E-state index in [1.54, 1.807) is 22.0 Å². The lowest BCUT2D eigenvalue weighted by atomic mass is 10.0. The van der Waals surface area contributed by atoms with Gasteiger partial charge >= 0.3 is 5.76 Å². The van der Waals surface area contributed by atoms with Gasteiger partial charge in [-0.2, -0.15) is 0 Å². The molecular formula is C19H20N2O3S. The molecular weight excluding hydrogens is 336 g/mol. The summed E-state index contributed by atoms with van der Waals surface area (Å²) in [5.41, 5.74) is 2.66. The van der Waals surface area contributed by atoms with E-state index >= 15 is 0 Å². The monoisotopic (exact) mass is 356 g/mol. The summed E-state index contributed by atoms with van der Waals surface area (Å²) in [5, 5.41) is 2.10. The highest BCUT2D eigenvalue weighted by molar-refractivity contribution is 7.10. The van der Waals surface area contributed by atoms with Gasteiger partial charge in [0.1, 0.15) is 0 Å². The van der Waals surface area contributed by atoms with Gasteiger partial charge < -0.3 is 9.32 Å². The van der Waals surface area contributed by atoms with E-state index < -0.39 is 0 Å². The molecule has 1 amide bonds. The van der Waals surface area contributed by atoms with E-state index in [0.717, 1.165) is 18.5 Å². The molecule has 5 nitrogen and oxygen atoms in total. The van der Waals surface area contributed by atoms with E-state index in [-0.39, 0.29) is 17.7 Å². The minimum Gasteiger partial charge on any atom is -0.408 e. The van der Waals surface area contributed by atoms with Crippen LogP contribution in [0.25, 0.3) is 11.1 Å². The van der Waals surface area contributed by atoms with Crippen LogP contribution in [-0.4, -0.2) is 21.9 Å². The second-order valence-corrected chi connectivity index (χ2v) is 7.40. The Morgan fingerprint density at radius 1 is 1.32 bits per heavy atom. The molecule has 0 radical (unpaired) electrons. The first kappa shape index (κ1) is 16.1. The average molecular weight is 356 g/mol. The number of aryl methyl sites for hydroxylation is 1. The smallest absolute Gasteiger partial charge is 0.408 e. The van der Waals surface area contributed by atoms with Crippen LogP contribution < -0.4 is 5.76 Å². The minimum absolute atomic E-state index is 0.139. The zero-order chi connectivity index (χ0) is 17.4. The topological polar surface area (TPSA) is 55.5 Å². The number of thiophene rings is 1. The fraction of sp³-hybridized carbons (Fsp3) is 0.368. The molecule has 1 aliphatic heterocycles. The number of hydrogen-bond acceptors (Lipinski definition) is 4.